The van der Waals surface area contributed by atoms with Crippen LogP contribution in [0.1, 0.15) is 32.3 Å². The molecule has 1 fully saturated rings. The third-order valence-corrected chi connectivity index (χ3v) is 4.29. The summed E-state index contributed by atoms with van der Waals surface area (Å²) in [7, 11) is 0. The number of nitrogens with one attached hydrogen (secondary N) is 1. The predicted octanol–water partition coefficient (Wildman–Crippen LogP) is 3.25. The summed E-state index contributed by atoms with van der Waals surface area (Å²) in [5, 5.41) is 3.35. The molecule has 1 unspecified atom stereocenters. The highest BCUT2D eigenvalue weighted by Gasteiger charge is 2.29. The molecule has 1 heterocycles. The lowest BCUT2D eigenvalue weighted by Crippen LogP contribution is -2.52. The van der Waals surface area contributed by atoms with Crippen LogP contribution in [0.5, 0.6) is 0 Å². The second-order valence-corrected chi connectivity index (χ2v) is 6.29. The Bertz CT molecular complexity index is 473. The van der Waals surface area contributed by atoms with Crippen molar-refractivity contribution in [2.24, 2.45) is 0 Å². The molecule has 0 radical (unpaired) electrons. The van der Waals surface area contributed by atoms with E-state index >= 15 is 0 Å². The van der Waals surface area contributed by atoms with E-state index in [0.29, 0.717) is 6.04 Å². The van der Waals surface area contributed by atoms with Crippen molar-refractivity contribution in [1.82, 2.24) is 5.32 Å². The van der Waals surface area contributed by atoms with Crippen LogP contribution in [-0.4, -0.2) is 24.5 Å². The molecule has 1 aliphatic rings. The number of benzene rings is 1. The third kappa shape index (κ3) is 3.37. The van der Waals surface area contributed by atoms with Crippen molar-refractivity contribution < 1.29 is 4.79 Å². The van der Waals surface area contributed by atoms with Crippen molar-refractivity contribution >= 4 is 27.5 Å². The number of hydrogen-bond donors (Lipinski definition) is 1. The van der Waals surface area contributed by atoms with Gasteiger partial charge in [-0.3, -0.25) is 4.79 Å². The first-order chi connectivity index (χ1) is 8.99. The fourth-order valence-corrected chi connectivity index (χ4v) is 2.81. The average molecular weight is 325 g/mol. The molecule has 104 valence electrons. The lowest BCUT2D eigenvalue weighted by Gasteiger charge is -2.34. The Morgan fingerprint density at radius 1 is 1.42 bits per heavy atom. The summed E-state index contributed by atoms with van der Waals surface area (Å²) in [6, 6.07) is 6.39. The lowest BCUT2D eigenvalue weighted by molar-refractivity contribution is -0.121. The minimum atomic E-state index is -0.0474. The molecule has 3 nitrogen and oxygen atoms in total. The van der Waals surface area contributed by atoms with Gasteiger partial charge in [-0.25, -0.2) is 0 Å². The minimum Gasteiger partial charge on any atom is -0.311 e. The largest absolute Gasteiger partial charge is 0.311 e. The van der Waals surface area contributed by atoms with E-state index in [2.05, 4.69) is 42.0 Å². The van der Waals surface area contributed by atoms with Crippen LogP contribution in [0.15, 0.2) is 22.7 Å². The fraction of sp³-hybridized carbons (Fsp3) is 0.533. The van der Waals surface area contributed by atoms with Gasteiger partial charge in [0.05, 0.1) is 6.04 Å². The van der Waals surface area contributed by atoms with E-state index in [1.54, 1.807) is 0 Å². The van der Waals surface area contributed by atoms with Crippen molar-refractivity contribution in [3.05, 3.63) is 28.2 Å². The summed E-state index contributed by atoms with van der Waals surface area (Å²) in [4.78, 5) is 14.4. The van der Waals surface area contributed by atoms with Gasteiger partial charge in [-0.1, -0.05) is 35.8 Å². The van der Waals surface area contributed by atoms with Gasteiger partial charge in [0.25, 0.3) is 0 Å². The number of rotatable bonds is 3. The van der Waals surface area contributed by atoms with Gasteiger partial charge in [-0.2, -0.15) is 0 Å². The third-order valence-electron chi connectivity index (χ3n) is 3.44. The number of halogens is 1. The normalized spacial score (nSPS) is 20.2. The van der Waals surface area contributed by atoms with E-state index < -0.39 is 0 Å². The van der Waals surface area contributed by atoms with E-state index in [9.17, 15) is 4.79 Å². The number of carbonyl (C=O) groups excluding carboxylic acids is 1. The molecule has 0 saturated carbocycles. The molecule has 1 saturated heterocycles. The maximum atomic E-state index is 12.5. The zero-order valence-corrected chi connectivity index (χ0v) is 13.3. The minimum absolute atomic E-state index is 0.0474. The van der Waals surface area contributed by atoms with Gasteiger partial charge in [-0.15, -0.1) is 0 Å². The van der Waals surface area contributed by atoms with Gasteiger partial charge in [-0.05, 0) is 37.5 Å². The van der Waals surface area contributed by atoms with Gasteiger partial charge in [0.1, 0.15) is 0 Å². The van der Waals surface area contributed by atoms with Crippen molar-refractivity contribution in [3.8, 4) is 0 Å². The first-order valence-corrected chi connectivity index (χ1v) is 7.62. The van der Waals surface area contributed by atoms with Crippen LogP contribution in [-0.2, 0) is 4.79 Å². The molecular weight excluding hydrogens is 304 g/mol. The van der Waals surface area contributed by atoms with Crippen molar-refractivity contribution in [2.45, 2.75) is 45.7 Å². The highest BCUT2D eigenvalue weighted by atomic mass is 79.9. The van der Waals surface area contributed by atoms with Gasteiger partial charge < -0.3 is 10.2 Å². The molecular formula is C15H21BrN2O. The molecule has 1 aromatic carbocycles. The second-order valence-electron chi connectivity index (χ2n) is 5.44. The Balaban J connectivity index is 2.19. The Morgan fingerprint density at radius 3 is 2.79 bits per heavy atom. The van der Waals surface area contributed by atoms with Crippen LogP contribution in [0.25, 0.3) is 0 Å². The van der Waals surface area contributed by atoms with E-state index in [0.717, 1.165) is 29.5 Å². The molecule has 1 atom stereocenters. The average Bonchev–Trinajstić information content (AvgIpc) is 2.35. The lowest BCUT2D eigenvalue weighted by atomic mass is 10.0. The van der Waals surface area contributed by atoms with E-state index in [4.69, 9.17) is 0 Å². The molecule has 4 heteroatoms. The Labute approximate surface area is 123 Å². The van der Waals surface area contributed by atoms with Crippen molar-refractivity contribution in [2.75, 3.05) is 11.4 Å². The molecule has 0 bridgehead atoms. The number of nitrogens with zero attached hydrogens (tertiary/aromatic N) is 1. The first-order valence-electron chi connectivity index (χ1n) is 6.82. The van der Waals surface area contributed by atoms with Crippen LogP contribution in [0.3, 0.4) is 0 Å². The highest BCUT2D eigenvalue weighted by molar-refractivity contribution is 9.10. The Hall–Kier alpha value is -0.870. The number of amides is 1. The van der Waals surface area contributed by atoms with Gasteiger partial charge >= 0.3 is 0 Å². The zero-order chi connectivity index (χ0) is 14.0. The van der Waals surface area contributed by atoms with E-state index in [1.165, 1.54) is 5.56 Å². The van der Waals surface area contributed by atoms with Crippen molar-refractivity contribution in [1.29, 1.82) is 0 Å². The summed E-state index contributed by atoms with van der Waals surface area (Å²) in [5.41, 5.74) is 2.17. The Morgan fingerprint density at radius 2 is 2.16 bits per heavy atom. The Kier molecular flexibility index (Phi) is 4.63. The molecule has 0 aliphatic carbocycles. The second kappa shape index (κ2) is 6.06. The standard InChI is InChI=1S/C15H21BrN2O/c1-10(2)17-14-5-4-8-18(15(14)19)12-7-6-11(3)13(16)9-12/h6-7,9-10,14,17H,4-5,8H2,1-3H3. The molecule has 2 rings (SSSR count). The quantitative estimate of drug-likeness (QED) is 0.925. The number of anilines is 1. The molecule has 1 aromatic rings. The van der Waals surface area contributed by atoms with Gasteiger partial charge in [0.2, 0.25) is 5.91 Å². The van der Waals surface area contributed by atoms with Gasteiger partial charge in [0, 0.05) is 22.7 Å². The summed E-state index contributed by atoms with van der Waals surface area (Å²) < 4.78 is 1.05. The summed E-state index contributed by atoms with van der Waals surface area (Å²) >= 11 is 3.53. The molecule has 0 spiro atoms. The monoisotopic (exact) mass is 324 g/mol. The summed E-state index contributed by atoms with van der Waals surface area (Å²) in [6.07, 6.45) is 1.97. The van der Waals surface area contributed by atoms with E-state index in [1.807, 2.05) is 23.1 Å². The van der Waals surface area contributed by atoms with Crippen LogP contribution in [0.4, 0.5) is 5.69 Å². The molecule has 1 aliphatic heterocycles. The predicted molar refractivity (Wildman–Crippen MR) is 82.5 cm³/mol. The number of aryl methyl sites for hydroxylation is 1. The summed E-state index contributed by atoms with van der Waals surface area (Å²) in [6.45, 7) is 7.02. The molecule has 1 N–H and O–H groups in total. The highest BCUT2D eigenvalue weighted by Crippen LogP contribution is 2.26. The van der Waals surface area contributed by atoms with Crippen LogP contribution >= 0.6 is 15.9 Å². The maximum Gasteiger partial charge on any atom is 0.244 e. The first kappa shape index (κ1) is 14.5. The molecule has 19 heavy (non-hydrogen) atoms. The van der Waals surface area contributed by atoms with Crippen LogP contribution in [0.2, 0.25) is 0 Å². The SMILES string of the molecule is Cc1ccc(N2CCCC(NC(C)C)C2=O)cc1Br. The molecule has 0 aromatic heterocycles. The zero-order valence-electron chi connectivity index (χ0n) is 11.7. The fourth-order valence-electron chi connectivity index (χ4n) is 2.44. The number of carbonyl (C=O) groups is 1. The van der Waals surface area contributed by atoms with Crippen LogP contribution < -0.4 is 10.2 Å². The number of piperidine rings is 1. The smallest absolute Gasteiger partial charge is 0.244 e. The summed E-state index contributed by atoms with van der Waals surface area (Å²) in [5.74, 6) is 0.190. The maximum absolute atomic E-state index is 12.5. The topological polar surface area (TPSA) is 32.3 Å². The van der Waals surface area contributed by atoms with Gasteiger partial charge in [0.15, 0.2) is 0 Å². The van der Waals surface area contributed by atoms with Crippen LogP contribution in [0, 0.1) is 6.92 Å². The number of hydrogen-bond acceptors (Lipinski definition) is 2. The van der Waals surface area contributed by atoms with E-state index in [-0.39, 0.29) is 11.9 Å². The molecule has 1 amide bonds. The van der Waals surface area contributed by atoms with Crippen molar-refractivity contribution in [3.63, 3.8) is 0 Å².